The van der Waals surface area contributed by atoms with Crippen LogP contribution in [0.3, 0.4) is 0 Å². The molecule has 3 N–H and O–H groups in total. The Balaban J connectivity index is 2.91. The van der Waals surface area contributed by atoms with Gasteiger partial charge < -0.3 is 11.1 Å². The molecule has 1 rings (SSSR count). The van der Waals surface area contributed by atoms with Gasteiger partial charge in [-0.05, 0) is 61.8 Å². The predicted molar refractivity (Wildman–Crippen MR) is 74.8 cm³/mol. The molecule has 0 aliphatic carbocycles. The molecule has 0 heterocycles. The van der Waals surface area contributed by atoms with Gasteiger partial charge in [0.25, 0.3) is 0 Å². The van der Waals surface area contributed by atoms with Gasteiger partial charge in [-0.15, -0.1) is 0 Å². The molecule has 0 aromatic heterocycles. The molecule has 1 amide bonds. The third-order valence-corrected chi connectivity index (χ3v) is 3.96. The SMILES string of the molecule is CC(C)(N)C(C)(C)C(=O)Nc1ccc(F)c(Br)c1. The molecular weight excluding hydrogens is 299 g/mol. The van der Waals surface area contributed by atoms with E-state index in [4.69, 9.17) is 5.73 Å². The highest BCUT2D eigenvalue weighted by Gasteiger charge is 2.40. The van der Waals surface area contributed by atoms with Crippen molar-refractivity contribution >= 4 is 27.5 Å². The lowest BCUT2D eigenvalue weighted by molar-refractivity contribution is -0.126. The van der Waals surface area contributed by atoms with Gasteiger partial charge in [-0.3, -0.25) is 4.79 Å². The van der Waals surface area contributed by atoms with Crippen molar-refractivity contribution in [3.8, 4) is 0 Å². The van der Waals surface area contributed by atoms with Crippen LogP contribution in [0.15, 0.2) is 22.7 Å². The van der Waals surface area contributed by atoms with Gasteiger partial charge in [-0.2, -0.15) is 0 Å². The molecule has 3 nitrogen and oxygen atoms in total. The van der Waals surface area contributed by atoms with Crippen molar-refractivity contribution in [2.45, 2.75) is 33.2 Å². The lowest BCUT2D eigenvalue weighted by atomic mass is 9.74. The van der Waals surface area contributed by atoms with Gasteiger partial charge in [0.2, 0.25) is 5.91 Å². The molecule has 0 saturated carbocycles. The number of hydrogen-bond donors (Lipinski definition) is 2. The van der Waals surface area contributed by atoms with Crippen molar-refractivity contribution in [1.82, 2.24) is 0 Å². The Morgan fingerprint density at radius 3 is 2.33 bits per heavy atom. The highest BCUT2D eigenvalue weighted by Crippen LogP contribution is 2.30. The van der Waals surface area contributed by atoms with Gasteiger partial charge in [0.1, 0.15) is 5.82 Å². The van der Waals surface area contributed by atoms with Crippen LogP contribution in [0.4, 0.5) is 10.1 Å². The molecule has 0 fully saturated rings. The maximum atomic E-state index is 13.1. The molecule has 0 unspecified atom stereocenters. The zero-order valence-electron chi connectivity index (χ0n) is 11.0. The predicted octanol–water partition coefficient (Wildman–Crippen LogP) is 3.29. The fourth-order valence-electron chi connectivity index (χ4n) is 1.15. The molecule has 0 bridgehead atoms. The van der Waals surface area contributed by atoms with Crippen molar-refractivity contribution in [2.75, 3.05) is 5.32 Å². The zero-order chi connectivity index (χ0) is 14.1. The molecule has 100 valence electrons. The van der Waals surface area contributed by atoms with Crippen LogP contribution in [0.5, 0.6) is 0 Å². The fraction of sp³-hybridized carbons (Fsp3) is 0.462. The van der Waals surface area contributed by atoms with Gasteiger partial charge in [-0.25, -0.2) is 4.39 Å². The maximum absolute atomic E-state index is 13.1. The van der Waals surface area contributed by atoms with Crippen LogP contribution >= 0.6 is 15.9 Å². The molecule has 1 aromatic rings. The number of rotatable bonds is 3. The normalized spacial score (nSPS) is 12.4. The monoisotopic (exact) mass is 316 g/mol. The highest BCUT2D eigenvalue weighted by atomic mass is 79.9. The lowest BCUT2D eigenvalue weighted by Crippen LogP contribution is -2.53. The number of benzene rings is 1. The second-order valence-corrected chi connectivity index (χ2v) is 6.28. The van der Waals surface area contributed by atoms with Crippen LogP contribution in [0.25, 0.3) is 0 Å². The van der Waals surface area contributed by atoms with Gasteiger partial charge in [-0.1, -0.05) is 0 Å². The van der Waals surface area contributed by atoms with E-state index in [1.54, 1.807) is 27.7 Å². The van der Waals surface area contributed by atoms with Crippen LogP contribution in [-0.2, 0) is 4.79 Å². The first-order valence-electron chi connectivity index (χ1n) is 5.61. The minimum absolute atomic E-state index is 0.200. The second kappa shape index (κ2) is 4.97. The van der Waals surface area contributed by atoms with E-state index in [1.807, 2.05) is 0 Å². The van der Waals surface area contributed by atoms with Crippen LogP contribution < -0.4 is 11.1 Å². The van der Waals surface area contributed by atoms with Gasteiger partial charge >= 0.3 is 0 Å². The summed E-state index contributed by atoms with van der Waals surface area (Å²) in [6.07, 6.45) is 0. The third-order valence-electron chi connectivity index (χ3n) is 3.36. The van der Waals surface area contributed by atoms with E-state index in [0.29, 0.717) is 10.2 Å². The van der Waals surface area contributed by atoms with Crippen LogP contribution in [0.2, 0.25) is 0 Å². The fourth-order valence-corrected chi connectivity index (χ4v) is 1.53. The van der Waals surface area contributed by atoms with E-state index >= 15 is 0 Å². The number of anilines is 1. The summed E-state index contributed by atoms with van der Waals surface area (Å²) in [4.78, 5) is 12.2. The van der Waals surface area contributed by atoms with E-state index in [1.165, 1.54) is 18.2 Å². The number of hydrogen-bond acceptors (Lipinski definition) is 2. The van der Waals surface area contributed by atoms with Crippen molar-refractivity contribution in [3.05, 3.63) is 28.5 Å². The van der Waals surface area contributed by atoms with Crippen molar-refractivity contribution in [3.63, 3.8) is 0 Å². The quantitative estimate of drug-likeness (QED) is 0.899. The van der Waals surface area contributed by atoms with Crippen molar-refractivity contribution < 1.29 is 9.18 Å². The van der Waals surface area contributed by atoms with Crippen LogP contribution in [0, 0.1) is 11.2 Å². The first-order valence-corrected chi connectivity index (χ1v) is 6.40. The average molecular weight is 317 g/mol. The number of carbonyl (C=O) groups excluding carboxylic acids is 1. The van der Waals surface area contributed by atoms with Crippen molar-refractivity contribution in [2.24, 2.45) is 11.1 Å². The minimum Gasteiger partial charge on any atom is -0.326 e. The lowest BCUT2D eigenvalue weighted by Gasteiger charge is -2.36. The van der Waals surface area contributed by atoms with E-state index in [-0.39, 0.29) is 11.7 Å². The summed E-state index contributed by atoms with van der Waals surface area (Å²) in [7, 11) is 0. The summed E-state index contributed by atoms with van der Waals surface area (Å²) in [6, 6.07) is 4.32. The summed E-state index contributed by atoms with van der Waals surface area (Å²) in [5, 5.41) is 2.74. The Hall–Kier alpha value is -0.940. The Labute approximate surface area is 115 Å². The Morgan fingerprint density at radius 2 is 1.89 bits per heavy atom. The standard InChI is InChI=1S/C13H18BrFN2O/c1-12(2,13(3,4)16)11(18)17-8-5-6-10(15)9(14)7-8/h5-7H,16H2,1-4H3,(H,17,18). The van der Waals surface area contributed by atoms with Crippen molar-refractivity contribution in [1.29, 1.82) is 0 Å². The van der Waals surface area contributed by atoms with E-state index < -0.39 is 11.0 Å². The van der Waals surface area contributed by atoms with Crippen LogP contribution in [0.1, 0.15) is 27.7 Å². The molecule has 18 heavy (non-hydrogen) atoms. The van der Waals surface area contributed by atoms with E-state index in [9.17, 15) is 9.18 Å². The Bertz CT molecular complexity index is 467. The first kappa shape index (κ1) is 15.1. The molecule has 5 heteroatoms. The topological polar surface area (TPSA) is 55.1 Å². The molecule has 0 aliphatic heterocycles. The molecular formula is C13H18BrFN2O. The summed E-state index contributed by atoms with van der Waals surface area (Å²) in [5.41, 5.74) is 5.12. The average Bonchev–Trinajstić information content (AvgIpc) is 2.21. The third kappa shape index (κ3) is 3.09. The summed E-state index contributed by atoms with van der Waals surface area (Å²) < 4.78 is 13.4. The number of nitrogens with two attached hydrogens (primary N) is 1. The smallest absolute Gasteiger partial charge is 0.231 e. The highest BCUT2D eigenvalue weighted by molar-refractivity contribution is 9.10. The number of nitrogens with one attached hydrogen (secondary N) is 1. The summed E-state index contributed by atoms with van der Waals surface area (Å²) in [5.74, 6) is -0.570. The second-order valence-electron chi connectivity index (χ2n) is 5.43. The van der Waals surface area contributed by atoms with E-state index in [0.717, 1.165) is 0 Å². The summed E-state index contributed by atoms with van der Waals surface area (Å²) >= 11 is 3.07. The molecule has 1 aromatic carbocycles. The first-order chi connectivity index (χ1) is 8.05. The largest absolute Gasteiger partial charge is 0.326 e. The van der Waals surface area contributed by atoms with Gasteiger partial charge in [0.05, 0.1) is 9.89 Å². The molecule has 0 saturated heterocycles. The molecule has 0 atom stereocenters. The molecule has 0 radical (unpaired) electrons. The minimum atomic E-state index is -0.742. The van der Waals surface area contributed by atoms with Crippen LogP contribution in [-0.4, -0.2) is 11.4 Å². The molecule has 0 aliphatic rings. The maximum Gasteiger partial charge on any atom is 0.231 e. The Morgan fingerprint density at radius 1 is 1.33 bits per heavy atom. The van der Waals surface area contributed by atoms with Gasteiger partial charge in [0.15, 0.2) is 0 Å². The summed E-state index contributed by atoms with van der Waals surface area (Å²) in [6.45, 7) is 7.15. The van der Waals surface area contributed by atoms with Gasteiger partial charge in [0, 0.05) is 11.2 Å². The number of carbonyl (C=O) groups is 1. The Kier molecular flexibility index (Phi) is 4.18. The number of halogens is 2. The van der Waals surface area contributed by atoms with E-state index in [2.05, 4.69) is 21.2 Å². The zero-order valence-corrected chi connectivity index (χ0v) is 12.6. The molecule has 0 spiro atoms. The number of amides is 1.